The van der Waals surface area contributed by atoms with Crippen LogP contribution in [0.1, 0.15) is 30.4 Å². The number of anilines is 1. The normalized spacial score (nSPS) is 19.3. The Bertz CT molecular complexity index is 882. The topological polar surface area (TPSA) is 57.2 Å². The second-order valence-electron chi connectivity index (χ2n) is 8.32. The van der Waals surface area contributed by atoms with Gasteiger partial charge in [-0.05, 0) is 36.1 Å². The number of amides is 1. The van der Waals surface area contributed by atoms with E-state index < -0.39 is 0 Å². The van der Waals surface area contributed by atoms with E-state index in [-0.39, 0.29) is 5.91 Å². The first-order valence-electron chi connectivity index (χ1n) is 11.2. The molecule has 2 fully saturated rings. The zero-order valence-electron chi connectivity index (χ0n) is 18.3. The summed E-state index contributed by atoms with van der Waals surface area (Å²) < 4.78 is 5.94. The Hall–Kier alpha value is -2.86. The zero-order valence-corrected chi connectivity index (χ0v) is 18.3. The van der Waals surface area contributed by atoms with E-state index in [1.54, 1.807) is 0 Å². The van der Waals surface area contributed by atoms with Crippen LogP contribution in [-0.4, -0.2) is 50.1 Å². The van der Waals surface area contributed by atoms with E-state index in [9.17, 15) is 4.79 Å². The molecule has 2 aromatic rings. The number of aliphatic imine (C=N–C) groups is 1. The van der Waals surface area contributed by atoms with Gasteiger partial charge in [-0.1, -0.05) is 42.5 Å². The van der Waals surface area contributed by atoms with Crippen molar-refractivity contribution in [2.45, 2.75) is 32.4 Å². The van der Waals surface area contributed by atoms with Gasteiger partial charge in [0.15, 0.2) is 5.96 Å². The van der Waals surface area contributed by atoms with Crippen molar-refractivity contribution in [1.82, 2.24) is 10.2 Å². The Morgan fingerprint density at radius 2 is 1.90 bits per heavy atom. The molecule has 4 rings (SSSR count). The van der Waals surface area contributed by atoms with Crippen molar-refractivity contribution in [1.29, 1.82) is 0 Å². The molecule has 164 valence electrons. The van der Waals surface area contributed by atoms with E-state index in [1.807, 2.05) is 42.3 Å². The van der Waals surface area contributed by atoms with Crippen molar-refractivity contribution in [2.24, 2.45) is 10.9 Å². The van der Waals surface area contributed by atoms with Crippen LogP contribution in [0.2, 0.25) is 0 Å². The smallest absolute Gasteiger partial charge is 0.227 e. The molecule has 2 aliphatic rings. The number of hydrogen-bond acceptors (Lipinski definition) is 3. The van der Waals surface area contributed by atoms with Crippen LogP contribution in [0.3, 0.4) is 0 Å². The molecular weight excluding hydrogens is 388 g/mol. The van der Waals surface area contributed by atoms with Gasteiger partial charge in [0.05, 0.1) is 13.2 Å². The highest BCUT2D eigenvalue weighted by molar-refractivity contribution is 5.95. The molecule has 1 N–H and O–H groups in total. The Kier molecular flexibility index (Phi) is 7.20. The lowest BCUT2D eigenvalue weighted by molar-refractivity contribution is -0.117. The minimum absolute atomic E-state index is 0.225. The third-order valence-corrected chi connectivity index (χ3v) is 6.03. The molecule has 1 unspecified atom stereocenters. The quantitative estimate of drug-likeness (QED) is 0.551. The molecule has 6 heteroatoms. The van der Waals surface area contributed by atoms with Crippen molar-refractivity contribution in [3.05, 3.63) is 65.7 Å². The average molecular weight is 421 g/mol. The molecule has 1 atom stereocenters. The van der Waals surface area contributed by atoms with Gasteiger partial charge in [-0.2, -0.15) is 0 Å². The van der Waals surface area contributed by atoms with Gasteiger partial charge >= 0.3 is 0 Å². The maximum Gasteiger partial charge on any atom is 0.227 e. The Labute approximate surface area is 184 Å². The maximum atomic E-state index is 11.9. The van der Waals surface area contributed by atoms with E-state index in [2.05, 4.69) is 39.5 Å². The van der Waals surface area contributed by atoms with Gasteiger partial charge in [0.1, 0.15) is 0 Å². The van der Waals surface area contributed by atoms with E-state index in [1.165, 1.54) is 11.1 Å². The van der Waals surface area contributed by atoms with Crippen LogP contribution in [0.15, 0.2) is 59.6 Å². The van der Waals surface area contributed by atoms with Crippen LogP contribution in [0.4, 0.5) is 5.69 Å². The van der Waals surface area contributed by atoms with Crippen molar-refractivity contribution in [3.63, 3.8) is 0 Å². The van der Waals surface area contributed by atoms with Crippen LogP contribution in [0, 0.1) is 5.92 Å². The summed E-state index contributed by atoms with van der Waals surface area (Å²) in [5.74, 6) is 1.69. The minimum Gasteiger partial charge on any atom is -0.376 e. The number of nitrogens with one attached hydrogen (secondary N) is 1. The molecule has 0 spiro atoms. The third kappa shape index (κ3) is 5.64. The largest absolute Gasteiger partial charge is 0.376 e. The van der Waals surface area contributed by atoms with E-state index in [0.29, 0.717) is 25.5 Å². The molecule has 1 amide bonds. The molecule has 0 bridgehead atoms. The average Bonchev–Trinajstić information content (AvgIpc) is 3.45. The van der Waals surface area contributed by atoms with Gasteiger partial charge in [-0.15, -0.1) is 0 Å². The fourth-order valence-electron chi connectivity index (χ4n) is 4.31. The van der Waals surface area contributed by atoms with Gasteiger partial charge in [-0.25, -0.2) is 0 Å². The minimum atomic E-state index is 0.225. The highest BCUT2D eigenvalue weighted by atomic mass is 16.5. The SMILES string of the molecule is CN=C(NCc1ccc(N2CCCC2=O)cc1)N1CCC(COCc2ccccc2)C1. The summed E-state index contributed by atoms with van der Waals surface area (Å²) in [6.07, 6.45) is 2.73. The number of rotatable bonds is 7. The monoisotopic (exact) mass is 420 g/mol. The molecule has 6 nitrogen and oxygen atoms in total. The number of hydrogen-bond donors (Lipinski definition) is 1. The fourth-order valence-corrected chi connectivity index (χ4v) is 4.31. The van der Waals surface area contributed by atoms with Crippen molar-refractivity contribution in [3.8, 4) is 0 Å². The van der Waals surface area contributed by atoms with Gasteiger partial charge in [0.25, 0.3) is 0 Å². The van der Waals surface area contributed by atoms with Crippen LogP contribution < -0.4 is 10.2 Å². The second-order valence-corrected chi connectivity index (χ2v) is 8.32. The van der Waals surface area contributed by atoms with Crippen LogP contribution >= 0.6 is 0 Å². The molecule has 2 saturated heterocycles. The van der Waals surface area contributed by atoms with Gasteiger partial charge in [0.2, 0.25) is 5.91 Å². The third-order valence-electron chi connectivity index (χ3n) is 6.03. The summed E-state index contributed by atoms with van der Waals surface area (Å²) in [6, 6.07) is 18.6. The molecule has 31 heavy (non-hydrogen) atoms. The van der Waals surface area contributed by atoms with Crippen molar-refractivity contribution >= 4 is 17.6 Å². The predicted molar refractivity (Wildman–Crippen MR) is 124 cm³/mol. The van der Waals surface area contributed by atoms with Crippen LogP contribution in [0.25, 0.3) is 0 Å². The fraction of sp³-hybridized carbons (Fsp3) is 0.440. The second kappa shape index (κ2) is 10.4. The molecule has 2 aliphatic heterocycles. The van der Waals surface area contributed by atoms with E-state index in [4.69, 9.17) is 4.74 Å². The molecule has 0 aromatic heterocycles. The van der Waals surface area contributed by atoms with Gasteiger partial charge < -0.3 is 19.9 Å². The summed E-state index contributed by atoms with van der Waals surface area (Å²) in [5, 5.41) is 3.48. The number of likely N-dealkylation sites (tertiary alicyclic amines) is 1. The summed E-state index contributed by atoms with van der Waals surface area (Å²) in [5.41, 5.74) is 3.39. The number of ether oxygens (including phenoxy) is 1. The predicted octanol–water partition coefficient (Wildman–Crippen LogP) is 3.43. The lowest BCUT2D eigenvalue weighted by Gasteiger charge is -2.22. The number of benzene rings is 2. The van der Waals surface area contributed by atoms with Gasteiger partial charge in [-0.3, -0.25) is 9.79 Å². The zero-order chi connectivity index (χ0) is 21.5. The van der Waals surface area contributed by atoms with E-state index in [0.717, 1.165) is 50.7 Å². The molecule has 0 aliphatic carbocycles. The highest BCUT2D eigenvalue weighted by Gasteiger charge is 2.25. The molecule has 0 saturated carbocycles. The Balaban J connectivity index is 1.22. The number of guanidine groups is 1. The lowest BCUT2D eigenvalue weighted by atomic mass is 10.1. The lowest BCUT2D eigenvalue weighted by Crippen LogP contribution is -2.39. The molecule has 0 radical (unpaired) electrons. The summed E-state index contributed by atoms with van der Waals surface area (Å²) in [6.45, 7) is 4.95. The maximum absolute atomic E-state index is 11.9. The summed E-state index contributed by atoms with van der Waals surface area (Å²) >= 11 is 0. The standard InChI is InChI=1S/C25H32N4O2/c1-26-25(27-16-20-9-11-23(12-10-20)29-14-5-8-24(29)30)28-15-13-22(17-28)19-31-18-21-6-3-2-4-7-21/h2-4,6-7,9-12,22H,5,8,13-19H2,1H3,(H,26,27). The Morgan fingerprint density at radius 1 is 1.10 bits per heavy atom. The van der Waals surface area contributed by atoms with Crippen LogP contribution in [-0.2, 0) is 22.7 Å². The number of nitrogens with zero attached hydrogens (tertiary/aromatic N) is 3. The summed E-state index contributed by atoms with van der Waals surface area (Å²) in [4.78, 5) is 20.6. The van der Waals surface area contributed by atoms with Crippen LogP contribution in [0.5, 0.6) is 0 Å². The molecule has 2 heterocycles. The molecule has 2 aromatic carbocycles. The van der Waals surface area contributed by atoms with Gasteiger partial charge in [0, 0.05) is 51.3 Å². The first kappa shape index (κ1) is 21.4. The number of carbonyl (C=O) groups is 1. The highest BCUT2D eigenvalue weighted by Crippen LogP contribution is 2.22. The van der Waals surface area contributed by atoms with Crippen molar-refractivity contribution < 1.29 is 9.53 Å². The summed E-state index contributed by atoms with van der Waals surface area (Å²) in [7, 11) is 1.84. The molecular formula is C25H32N4O2. The first-order valence-corrected chi connectivity index (χ1v) is 11.2. The first-order chi connectivity index (χ1) is 15.2. The van der Waals surface area contributed by atoms with Crippen molar-refractivity contribution in [2.75, 3.05) is 38.2 Å². The van der Waals surface area contributed by atoms with E-state index >= 15 is 0 Å². The Morgan fingerprint density at radius 3 is 2.61 bits per heavy atom. The number of carbonyl (C=O) groups excluding carboxylic acids is 1.